The van der Waals surface area contributed by atoms with Crippen LogP contribution in [0.15, 0.2) is 18.2 Å². The molecule has 0 atom stereocenters. The molecule has 0 heterocycles. The van der Waals surface area contributed by atoms with E-state index in [2.05, 4.69) is 11.8 Å². The number of benzene rings is 1. The Morgan fingerprint density at radius 2 is 2.31 bits per heavy atom. The summed E-state index contributed by atoms with van der Waals surface area (Å²) >= 11 is 5.74. The number of esters is 1. The maximum atomic E-state index is 11.0. The summed E-state index contributed by atoms with van der Waals surface area (Å²) in [5.41, 5.74) is 6.86. The van der Waals surface area contributed by atoms with Gasteiger partial charge in [-0.15, -0.1) is 0 Å². The normalized spacial score (nSPS) is 9.12. The van der Waals surface area contributed by atoms with Gasteiger partial charge < -0.3 is 10.5 Å². The van der Waals surface area contributed by atoms with Gasteiger partial charge in [0.25, 0.3) is 0 Å². The number of halogens is 1. The lowest BCUT2D eigenvalue weighted by atomic mass is 10.2. The second-order valence-corrected chi connectivity index (χ2v) is 3.45. The molecule has 0 saturated heterocycles. The SMILES string of the molecule is CCOC(=O)CC#Cc1ccc(Cl)cc1N. The number of ether oxygens (including phenoxy) is 1. The molecule has 4 heteroatoms. The van der Waals surface area contributed by atoms with E-state index in [1.807, 2.05) is 0 Å². The molecule has 0 radical (unpaired) electrons. The Kier molecular flexibility index (Phi) is 4.68. The van der Waals surface area contributed by atoms with Crippen LogP contribution in [0.4, 0.5) is 5.69 Å². The number of hydrogen-bond acceptors (Lipinski definition) is 3. The summed E-state index contributed by atoms with van der Waals surface area (Å²) in [6.07, 6.45) is 0.0654. The van der Waals surface area contributed by atoms with Crippen LogP contribution < -0.4 is 5.73 Å². The van der Waals surface area contributed by atoms with Crippen LogP contribution in [0.25, 0.3) is 0 Å². The van der Waals surface area contributed by atoms with Crippen molar-refractivity contribution in [3.05, 3.63) is 28.8 Å². The Morgan fingerprint density at radius 3 is 2.94 bits per heavy atom. The average molecular weight is 238 g/mol. The molecule has 84 valence electrons. The number of anilines is 1. The number of nitrogen functional groups attached to an aromatic ring is 1. The molecule has 16 heavy (non-hydrogen) atoms. The smallest absolute Gasteiger partial charge is 0.317 e. The molecule has 0 saturated carbocycles. The van der Waals surface area contributed by atoms with Gasteiger partial charge in [-0.1, -0.05) is 23.4 Å². The molecule has 0 spiro atoms. The predicted octanol–water partition coefficient (Wildman–Crippen LogP) is 2.23. The summed E-state index contributed by atoms with van der Waals surface area (Å²) in [6.45, 7) is 2.12. The van der Waals surface area contributed by atoms with Crippen molar-refractivity contribution in [2.75, 3.05) is 12.3 Å². The van der Waals surface area contributed by atoms with Crippen molar-refractivity contribution in [3.63, 3.8) is 0 Å². The van der Waals surface area contributed by atoms with Crippen molar-refractivity contribution in [3.8, 4) is 11.8 Å². The van der Waals surface area contributed by atoms with Crippen molar-refractivity contribution < 1.29 is 9.53 Å². The highest BCUT2D eigenvalue weighted by molar-refractivity contribution is 6.30. The molecule has 0 fully saturated rings. The summed E-state index contributed by atoms with van der Waals surface area (Å²) < 4.78 is 4.74. The van der Waals surface area contributed by atoms with E-state index in [1.165, 1.54) is 0 Å². The molecule has 0 aromatic heterocycles. The van der Waals surface area contributed by atoms with Gasteiger partial charge in [0.15, 0.2) is 0 Å². The van der Waals surface area contributed by atoms with Crippen LogP contribution in [-0.2, 0) is 9.53 Å². The number of rotatable bonds is 2. The zero-order valence-electron chi connectivity index (χ0n) is 8.92. The highest BCUT2D eigenvalue weighted by Gasteiger charge is 1.98. The molecule has 0 aliphatic carbocycles. The lowest BCUT2D eigenvalue weighted by Crippen LogP contribution is -2.01. The van der Waals surface area contributed by atoms with Crippen LogP contribution >= 0.6 is 11.6 Å². The van der Waals surface area contributed by atoms with Crippen molar-refractivity contribution in [1.82, 2.24) is 0 Å². The summed E-state index contributed by atoms with van der Waals surface area (Å²) in [5.74, 6) is 5.16. The van der Waals surface area contributed by atoms with E-state index in [0.29, 0.717) is 22.9 Å². The van der Waals surface area contributed by atoms with Crippen LogP contribution in [0, 0.1) is 11.8 Å². The highest BCUT2D eigenvalue weighted by Crippen LogP contribution is 2.16. The molecule has 3 nitrogen and oxygen atoms in total. The van der Waals surface area contributed by atoms with Gasteiger partial charge in [-0.3, -0.25) is 4.79 Å². The maximum Gasteiger partial charge on any atom is 0.317 e. The first kappa shape index (κ1) is 12.4. The van der Waals surface area contributed by atoms with Crippen LogP contribution in [0.2, 0.25) is 5.02 Å². The first-order valence-corrected chi connectivity index (χ1v) is 5.20. The monoisotopic (exact) mass is 237 g/mol. The summed E-state index contributed by atoms with van der Waals surface area (Å²) in [7, 11) is 0. The largest absolute Gasteiger partial charge is 0.465 e. The highest BCUT2D eigenvalue weighted by atomic mass is 35.5. The molecule has 1 aromatic carbocycles. The van der Waals surface area contributed by atoms with Gasteiger partial charge in [0.05, 0.1) is 6.61 Å². The van der Waals surface area contributed by atoms with Crippen LogP contribution in [0.1, 0.15) is 18.9 Å². The number of hydrogen-bond donors (Lipinski definition) is 1. The van der Waals surface area contributed by atoms with E-state index in [9.17, 15) is 4.79 Å². The summed E-state index contributed by atoms with van der Waals surface area (Å²) in [4.78, 5) is 11.0. The van der Waals surface area contributed by atoms with Crippen molar-refractivity contribution in [2.45, 2.75) is 13.3 Å². The Morgan fingerprint density at radius 1 is 1.56 bits per heavy atom. The summed E-state index contributed by atoms with van der Waals surface area (Å²) in [6, 6.07) is 5.04. The van der Waals surface area contributed by atoms with Crippen molar-refractivity contribution in [1.29, 1.82) is 0 Å². The molecule has 0 bridgehead atoms. The minimum Gasteiger partial charge on any atom is -0.465 e. The van der Waals surface area contributed by atoms with E-state index in [1.54, 1.807) is 25.1 Å². The first-order valence-electron chi connectivity index (χ1n) is 4.83. The summed E-state index contributed by atoms with van der Waals surface area (Å²) in [5, 5.41) is 0.563. The molecule has 0 unspecified atom stereocenters. The lowest BCUT2D eigenvalue weighted by Gasteiger charge is -1.98. The Balaban J connectivity index is 2.66. The Bertz CT molecular complexity index is 446. The first-order chi connectivity index (χ1) is 7.63. The van der Waals surface area contributed by atoms with Crippen LogP contribution in [0.5, 0.6) is 0 Å². The zero-order chi connectivity index (χ0) is 12.0. The molecule has 1 aromatic rings. The molecule has 0 aliphatic rings. The number of nitrogens with two attached hydrogens (primary N) is 1. The zero-order valence-corrected chi connectivity index (χ0v) is 9.67. The fourth-order valence-electron chi connectivity index (χ4n) is 1.07. The molecule has 1 rings (SSSR count). The van der Waals surface area contributed by atoms with E-state index in [-0.39, 0.29) is 12.4 Å². The van der Waals surface area contributed by atoms with Crippen molar-refractivity contribution in [2.24, 2.45) is 0 Å². The number of carbonyl (C=O) groups excluding carboxylic acids is 1. The fourth-order valence-corrected chi connectivity index (χ4v) is 1.25. The van der Waals surface area contributed by atoms with Crippen molar-refractivity contribution >= 4 is 23.3 Å². The van der Waals surface area contributed by atoms with E-state index in [4.69, 9.17) is 22.1 Å². The average Bonchev–Trinajstić information content (AvgIpc) is 2.22. The van der Waals surface area contributed by atoms with Crippen LogP contribution in [-0.4, -0.2) is 12.6 Å². The minimum absolute atomic E-state index is 0.0654. The molecular formula is C12H12ClNO2. The third-order valence-electron chi connectivity index (χ3n) is 1.77. The van der Waals surface area contributed by atoms with Gasteiger partial charge in [0.1, 0.15) is 6.42 Å². The predicted molar refractivity (Wildman–Crippen MR) is 64.0 cm³/mol. The van der Waals surface area contributed by atoms with E-state index < -0.39 is 0 Å². The Hall–Kier alpha value is -1.66. The minimum atomic E-state index is -0.331. The van der Waals surface area contributed by atoms with E-state index in [0.717, 1.165) is 0 Å². The van der Waals surface area contributed by atoms with Gasteiger partial charge in [-0.2, -0.15) is 0 Å². The maximum absolute atomic E-state index is 11.0. The van der Waals surface area contributed by atoms with Gasteiger partial charge >= 0.3 is 5.97 Å². The second-order valence-electron chi connectivity index (χ2n) is 3.02. The van der Waals surface area contributed by atoms with Gasteiger partial charge in [-0.25, -0.2) is 0 Å². The quantitative estimate of drug-likeness (QED) is 0.488. The van der Waals surface area contributed by atoms with Gasteiger partial charge in [0, 0.05) is 16.3 Å². The molecule has 0 aliphatic heterocycles. The van der Waals surface area contributed by atoms with E-state index >= 15 is 0 Å². The topological polar surface area (TPSA) is 52.3 Å². The third kappa shape index (κ3) is 3.84. The van der Waals surface area contributed by atoms with Gasteiger partial charge in [-0.05, 0) is 25.1 Å². The Labute approximate surface area is 99.5 Å². The third-order valence-corrected chi connectivity index (χ3v) is 2.01. The lowest BCUT2D eigenvalue weighted by molar-refractivity contribution is -0.141. The van der Waals surface area contributed by atoms with Gasteiger partial charge in [0.2, 0.25) is 0 Å². The fraction of sp³-hybridized carbons (Fsp3) is 0.250. The standard InChI is InChI=1S/C12H12ClNO2/c1-2-16-12(15)5-3-4-9-6-7-10(13)8-11(9)14/h6-8H,2,5,14H2,1H3. The number of carbonyl (C=O) groups is 1. The molecule has 2 N–H and O–H groups in total. The molecule has 0 amide bonds. The van der Waals surface area contributed by atoms with Crippen LogP contribution in [0.3, 0.4) is 0 Å². The second kappa shape index (κ2) is 6.04. The molecular weight excluding hydrogens is 226 g/mol.